The molecule has 1 aromatic rings. The highest BCUT2D eigenvalue weighted by Crippen LogP contribution is 2.17. The van der Waals surface area contributed by atoms with Crippen LogP contribution in [0, 0.1) is 17.6 Å². The number of sulfonamides is 1. The number of rotatable bonds is 6. The van der Waals surface area contributed by atoms with Crippen LogP contribution in [-0.2, 0) is 14.8 Å². The molecule has 1 atom stereocenters. The summed E-state index contributed by atoms with van der Waals surface area (Å²) < 4.78 is 59.1. The molecule has 0 aliphatic carbocycles. The van der Waals surface area contributed by atoms with Crippen molar-refractivity contribution in [3.63, 3.8) is 0 Å². The van der Waals surface area contributed by atoms with E-state index in [2.05, 4.69) is 9.62 Å². The number of morpholine rings is 1. The van der Waals surface area contributed by atoms with Crippen LogP contribution in [0.3, 0.4) is 0 Å². The van der Waals surface area contributed by atoms with Gasteiger partial charge >= 0.3 is 0 Å². The summed E-state index contributed by atoms with van der Waals surface area (Å²) in [5.74, 6) is -1.56. The minimum atomic E-state index is -4.10. The van der Waals surface area contributed by atoms with Crippen LogP contribution >= 0.6 is 0 Å². The summed E-state index contributed by atoms with van der Waals surface area (Å²) in [6, 6.07) is 2.35. The van der Waals surface area contributed by atoms with E-state index in [0.29, 0.717) is 19.3 Å². The summed E-state index contributed by atoms with van der Waals surface area (Å²) >= 11 is 0. The van der Waals surface area contributed by atoms with Crippen LogP contribution in [0.2, 0.25) is 0 Å². The van der Waals surface area contributed by atoms with Crippen molar-refractivity contribution < 1.29 is 21.9 Å². The SMILES string of the molecule is CC(C)C(CNS(=O)(=O)c1cc(F)ccc1F)N1CCOCC1. The van der Waals surface area contributed by atoms with E-state index in [4.69, 9.17) is 4.74 Å². The summed E-state index contributed by atoms with van der Waals surface area (Å²) in [5.41, 5.74) is 0. The number of nitrogens with zero attached hydrogens (tertiary/aromatic N) is 1. The van der Waals surface area contributed by atoms with Gasteiger partial charge in [0.2, 0.25) is 10.0 Å². The normalized spacial score (nSPS) is 18.3. The number of ether oxygens (including phenoxy) is 1. The van der Waals surface area contributed by atoms with Gasteiger partial charge in [0.05, 0.1) is 13.2 Å². The molecule has 0 spiro atoms. The average molecular weight is 348 g/mol. The van der Waals surface area contributed by atoms with Gasteiger partial charge in [0.15, 0.2) is 0 Å². The molecule has 0 amide bonds. The number of halogens is 2. The van der Waals surface area contributed by atoms with E-state index in [0.717, 1.165) is 25.2 Å². The second-order valence-electron chi connectivity index (χ2n) is 5.89. The standard InChI is InChI=1S/C15H22F2N2O3S/c1-11(2)14(19-5-7-22-8-6-19)10-18-23(20,21)15-9-12(16)3-4-13(15)17/h3-4,9,11,14,18H,5-8,10H2,1-2H3. The fourth-order valence-corrected chi connectivity index (χ4v) is 3.79. The third-order valence-corrected chi connectivity index (χ3v) is 5.39. The van der Waals surface area contributed by atoms with E-state index in [1.165, 1.54) is 0 Å². The number of hydrogen-bond acceptors (Lipinski definition) is 4. The van der Waals surface area contributed by atoms with Crippen molar-refractivity contribution in [2.75, 3.05) is 32.8 Å². The molecule has 1 aliphatic heterocycles. The monoisotopic (exact) mass is 348 g/mol. The first-order chi connectivity index (χ1) is 10.8. The number of benzene rings is 1. The van der Waals surface area contributed by atoms with Crippen molar-refractivity contribution in [2.24, 2.45) is 5.92 Å². The van der Waals surface area contributed by atoms with Crippen molar-refractivity contribution >= 4 is 10.0 Å². The Balaban J connectivity index is 2.11. The van der Waals surface area contributed by atoms with Crippen LogP contribution in [0.5, 0.6) is 0 Å². The zero-order chi connectivity index (χ0) is 17.0. The van der Waals surface area contributed by atoms with Gasteiger partial charge in [-0.05, 0) is 24.1 Å². The van der Waals surface area contributed by atoms with Crippen LogP contribution in [0.15, 0.2) is 23.1 Å². The molecule has 5 nitrogen and oxygen atoms in total. The highest BCUT2D eigenvalue weighted by Gasteiger charge is 2.27. The van der Waals surface area contributed by atoms with Crippen LogP contribution in [0.4, 0.5) is 8.78 Å². The molecule has 0 radical (unpaired) electrons. The maximum atomic E-state index is 13.7. The van der Waals surface area contributed by atoms with Crippen molar-refractivity contribution in [2.45, 2.75) is 24.8 Å². The predicted octanol–water partition coefficient (Wildman–Crippen LogP) is 1.60. The summed E-state index contributed by atoms with van der Waals surface area (Å²) in [6.45, 7) is 6.78. The van der Waals surface area contributed by atoms with Gasteiger partial charge in [-0.1, -0.05) is 13.8 Å². The molecule has 2 rings (SSSR count). The fraction of sp³-hybridized carbons (Fsp3) is 0.600. The Kier molecular flexibility index (Phi) is 6.07. The van der Waals surface area contributed by atoms with Crippen LogP contribution < -0.4 is 4.72 Å². The molecule has 1 aromatic carbocycles. The lowest BCUT2D eigenvalue weighted by atomic mass is 10.0. The van der Waals surface area contributed by atoms with Gasteiger partial charge in [0.1, 0.15) is 16.5 Å². The van der Waals surface area contributed by atoms with Crippen LogP contribution in [0.25, 0.3) is 0 Å². The van der Waals surface area contributed by atoms with E-state index in [1.807, 2.05) is 13.8 Å². The first kappa shape index (κ1) is 18.3. The zero-order valence-electron chi connectivity index (χ0n) is 13.3. The van der Waals surface area contributed by atoms with Gasteiger partial charge in [-0.3, -0.25) is 4.90 Å². The topological polar surface area (TPSA) is 58.6 Å². The van der Waals surface area contributed by atoms with Crippen molar-refractivity contribution in [1.29, 1.82) is 0 Å². The second kappa shape index (κ2) is 7.65. The highest BCUT2D eigenvalue weighted by molar-refractivity contribution is 7.89. The molecule has 0 saturated carbocycles. The molecule has 0 aromatic heterocycles. The Labute approximate surface area is 135 Å². The van der Waals surface area contributed by atoms with Crippen LogP contribution in [-0.4, -0.2) is 52.2 Å². The summed E-state index contributed by atoms with van der Waals surface area (Å²) in [7, 11) is -4.10. The molecule has 1 fully saturated rings. The maximum absolute atomic E-state index is 13.7. The molecule has 0 bridgehead atoms. The number of nitrogens with one attached hydrogen (secondary N) is 1. The molecule has 8 heteroatoms. The quantitative estimate of drug-likeness (QED) is 0.848. The molecule has 1 aliphatic rings. The van der Waals surface area contributed by atoms with Gasteiger partial charge in [0.25, 0.3) is 0 Å². The van der Waals surface area contributed by atoms with E-state index >= 15 is 0 Å². The Morgan fingerprint density at radius 3 is 2.52 bits per heavy atom. The molecule has 1 unspecified atom stereocenters. The second-order valence-corrected chi connectivity index (χ2v) is 7.62. The van der Waals surface area contributed by atoms with E-state index in [1.54, 1.807) is 0 Å². The molecule has 1 saturated heterocycles. The highest BCUT2D eigenvalue weighted by atomic mass is 32.2. The molecule has 1 heterocycles. The molecule has 23 heavy (non-hydrogen) atoms. The first-order valence-corrected chi connectivity index (χ1v) is 9.06. The minimum absolute atomic E-state index is 0.0368. The van der Waals surface area contributed by atoms with Gasteiger partial charge < -0.3 is 4.74 Å². The van der Waals surface area contributed by atoms with Crippen LogP contribution in [0.1, 0.15) is 13.8 Å². The van der Waals surface area contributed by atoms with Crippen molar-refractivity contribution in [3.05, 3.63) is 29.8 Å². The van der Waals surface area contributed by atoms with Gasteiger partial charge in [-0.2, -0.15) is 0 Å². The average Bonchev–Trinajstić information content (AvgIpc) is 2.50. The number of hydrogen-bond donors (Lipinski definition) is 1. The minimum Gasteiger partial charge on any atom is -0.379 e. The smallest absolute Gasteiger partial charge is 0.243 e. The van der Waals surface area contributed by atoms with E-state index < -0.39 is 26.6 Å². The Hall–Kier alpha value is -1.09. The fourth-order valence-electron chi connectivity index (χ4n) is 2.65. The van der Waals surface area contributed by atoms with Crippen molar-refractivity contribution in [3.8, 4) is 0 Å². The molecule has 1 N–H and O–H groups in total. The Morgan fingerprint density at radius 1 is 1.26 bits per heavy atom. The molecule has 130 valence electrons. The van der Waals surface area contributed by atoms with Crippen molar-refractivity contribution in [1.82, 2.24) is 9.62 Å². The van der Waals surface area contributed by atoms with Gasteiger partial charge in [-0.15, -0.1) is 0 Å². The van der Waals surface area contributed by atoms with Gasteiger partial charge in [-0.25, -0.2) is 21.9 Å². The third kappa shape index (κ3) is 4.69. The third-order valence-electron chi connectivity index (χ3n) is 3.95. The lowest BCUT2D eigenvalue weighted by molar-refractivity contribution is 0.00776. The zero-order valence-corrected chi connectivity index (χ0v) is 14.1. The molecular formula is C15H22F2N2O3S. The van der Waals surface area contributed by atoms with E-state index in [9.17, 15) is 17.2 Å². The first-order valence-electron chi connectivity index (χ1n) is 7.58. The van der Waals surface area contributed by atoms with Gasteiger partial charge in [0, 0.05) is 25.7 Å². The maximum Gasteiger partial charge on any atom is 0.243 e. The largest absolute Gasteiger partial charge is 0.379 e. The predicted molar refractivity (Wildman–Crippen MR) is 82.6 cm³/mol. The lowest BCUT2D eigenvalue weighted by Gasteiger charge is -2.36. The Bertz CT molecular complexity index is 632. The Morgan fingerprint density at radius 2 is 1.91 bits per heavy atom. The summed E-state index contributed by atoms with van der Waals surface area (Å²) in [4.78, 5) is 1.49. The lowest BCUT2D eigenvalue weighted by Crippen LogP contribution is -2.51. The molecular weight excluding hydrogens is 326 g/mol. The summed E-state index contributed by atoms with van der Waals surface area (Å²) in [6.07, 6.45) is 0. The summed E-state index contributed by atoms with van der Waals surface area (Å²) in [5, 5.41) is 0. The van der Waals surface area contributed by atoms with E-state index in [-0.39, 0.29) is 18.5 Å².